The summed E-state index contributed by atoms with van der Waals surface area (Å²) in [5, 5.41) is 0. The van der Waals surface area contributed by atoms with Crippen molar-refractivity contribution in [1.82, 2.24) is 0 Å². The molecule has 0 spiro atoms. The molecule has 1 nitrogen and oxygen atoms in total. The molecule has 0 saturated carbocycles. The third-order valence-corrected chi connectivity index (χ3v) is 3.36. The maximum Gasteiger partial charge on any atom is 0.131 e. The second-order valence-corrected chi connectivity index (χ2v) is 5.06. The van der Waals surface area contributed by atoms with Gasteiger partial charge in [-0.2, -0.15) is 0 Å². The Labute approximate surface area is 113 Å². The van der Waals surface area contributed by atoms with Crippen molar-refractivity contribution in [1.29, 1.82) is 0 Å². The van der Waals surface area contributed by atoms with Gasteiger partial charge in [0.1, 0.15) is 11.6 Å². The van der Waals surface area contributed by atoms with Gasteiger partial charge in [-0.15, -0.1) is 0 Å². The molecular formula is C14H12BrF2N. The van der Waals surface area contributed by atoms with Crippen molar-refractivity contribution in [3.05, 3.63) is 69.2 Å². The van der Waals surface area contributed by atoms with Crippen LogP contribution in [-0.4, -0.2) is 0 Å². The van der Waals surface area contributed by atoms with Gasteiger partial charge in [0.2, 0.25) is 0 Å². The van der Waals surface area contributed by atoms with Crippen LogP contribution in [0, 0.1) is 18.6 Å². The van der Waals surface area contributed by atoms with Gasteiger partial charge >= 0.3 is 0 Å². The SMILES string of the molecule is Cc1cc(Br)ccc1C(N)c1ccc(F)cc1F. The Bertz CT molecular complexity index is 533. The number of hydrogen-bond donors (Lipinski definition) is 1. The molecule has 2 N–H and O–H groups in total. The molecule has 0 aliphatic carbocycles. The van der Waals surface area contributed by atoms with E-state index in [9.17, 15) is 8.78 Å². The Balaban J connectivity index is 2.44. The quantitative estimate of drug-likeness (QED) is 0.888. The van der Waals surface area contributed by atoms with Gasteiger partial charge in [0.15, 0.2) is 0 Å². The van der Waals surface area contributed by atoms with E-state index in [4.69, 9.17) is 5.73 Å². The summed E-state index contributed by atoms with van der Waals surface area (Å²) in [7, 11) is 0. The first-order valence-electron chi connectivity index (χ1n) is 5.45. The van der Waals surface area contributed by atoms with E-state index in [1.165, 1.54) is 12.1 Å². The zero-order chi connectivity index (χ0) is 13.3. The third-order valence-electron chi connectivity index (χ3n) is 2.86. The predicted molar refractivity (Wildman–Crippen MR) is 71.3 cm³/mol. The van der Waals surface area contributed by atoms with Crippen LogP contribution in [0.3, 0.4) is 0 Å². The van der Waals surface area contributed by atoms with E-state index >= 15 is 0 Å². The van der Waals surface area contributed by atoms with Gasteiger partial charge in [0, 0.05) is 16.1 Å². The molecule has 0 aliphatic rings. The van der Waals surface area contributed by atoms with Crippen LogP contribution >= 0.6 is 15.9 Å². The highest BCUT2D eigenvalue weighted by atomic mass is 79.9. The molecule has 0 fully saturated rings. The molecule has 4 heteroatoms. The molecule has 0 heterocycles. The fraction of sp³-hybridized carbons (Fsp3) is 0.143. The minimum absolute atomic E-state index is 0.293. The Morgan fingerprint density at radius 1 is 1.06 bits per heavy atom. The first kappa shape index (κ1) is 13.2. The van der Waals surface area contributed by atoms with Crippen molar-refractivity contribution in [3.63, 3.8) is 0 Å². The molecular weight excluding hydrogens is 300 g/mol. The largest absolute Gasteiger partial charge is 0.320 e. The van der Waals surface area contributed by atoms with Crippen molar-refractivity contribution in [2.45, 2.75) is 13.0 Å². The minimum Gasteiger partial charge on any atom is -0.320 e. The number of rotatable bonds is 2. The highest BCUT2D eigenvalue weighted by Crippen LogP contribution is 2.27. The summed E-state index contributed by atoms with van der Waals surface area (Å²) >= 11 is 3.36. The Hall–Kier alpha value is -1.26. The Kier molecular flexibility index (Phi) is 3.78. The number of benzene rings is 2. The minimum atomic E-state index is -0.621. The molecule has 1 atom stereocenters. The number of nitrogens with two attached hydrogens (primary N) is 1. The summed E-state index contributed by atoms with van der Waals surface area (Å²) in [5.41, 5.74) is 8.12. The Morgan fingerprint density at radius 3 is 2.33 bits per heavy atom. The highest BCUT2D eigenvalue weighted by molar-refractivity contribution is 9.10. The monoisotopic (exact) mass is 311 g/mol. The van der Waals surface area contributed by atoms with Gasteiger partial charge in [-0.3, -0.25) is 0 Å². The molecule has 1 unspecified atom stereocenters. The third kappa shape index (κ3) is 2.60. The van der Waals surface area contributed by atoms with Crippen molar-refractivity contribution in [2.24, 2.45) is 5.73 Å². The zero-order valence-corrected chi connectivity index (χ0v) is 11.3. The van der Waals surface area contributed by atoms with E-state index in [1.807, 2.05) is 25.1 Å². The van der Waals surface area contributed by atoms with E-state index in [-0.39, 0.29) is 0 Å². The smallest absolute Gasteiger partial charge is 0.131 e. The lowest BCUT2D eigenvalue weighted by Gasteiger charge is -2.16. The molecule has 0 amide bonds. The summed E-state index contributed by atoms with van der Waals surface area (Å²) in [6.45, 7) is 1.90. The number of hydrogen-bond acceptors (Lipinski definition) is 1. The summed E-state index contributed by atoms with van der Waals surface area (Å²) in [6, 6.07) is 8.46. The number of halogens is 3. The zero-order valence-electron chi connectivity index (χ0n) is 9.75. The van der Waals surface area contributed by atoms with Crippen molar-refractivity contribution >= 4 is 15.9 Å². The van der Waals surface area contributed by atoms with Crippen molar-refractivity contribution in [3.8, 4) is 0 Å². The molecule has 0 aromatic heterocycles. The van der Waals surface area contributed by atoms with Crippen LogP contribution in [0.25, 0.3) is 0 Å². The second-order valence-electron chi connectivity index (χ2n) is 4.14. The van der Waals surface area contributed by atoms with Gasteiger partial charge in [-0.1, -0.05) is 28.1 Å². The van der Waals surface area contributed by atoms with Crippen LogP contribution in [0.5, 0.6) is 0 Å². The fourth-order valence-electron chi connectivity index (χ4n) is 1.91. The molecule has 2 rings (SSSR count). The van der Waals surface area contributed by atoms with E-state index < -0.39 is 17.7 Å². The second kappa shape index (κ2) is 5.16. The summed E-state index contributed by atoms with van der Waals surface area (Å²) in [6.07, 6.45) is 0. The van der Waals surface area contributed by atoms with Crippen LogP contribution in [0.2, 0.25) is 0 Å². The average Bonchev–Trinajstić information content (AvgIpc) is 2.28. The van der Waals surface area contributed by atoms with Crippen molar-refractivity contribution in [2.75, 3.05) is 0 Å². The summed E-state index contributed by atoms with van der Waals surface area (Å²) in [5.74, 6) is -1.22. The van der Waals surface area contributed by atoms with Crippen LogP contribution in [0.15, 0.2) is 40.9 Å². The van der Waals surface area contributed by atoms with E-state index in [0.717, 1.165) is 21.7 Å². The van der Waals surface area contributed by atoms with Crippen LogP contribution < -0.4 is 5.73 Å². The summed E-state index contributed by atoms with van der Waals surface area (Å²) < 4.78 is 27.5. The fourth-order valence-corrected chi connectivity index (χ4v) is 2.38. The first-order valence-corrected chi connectivity index (χ1v) is 6.25. The predicted octanol–water partition coefficient (Wildman–Crippen LogP) is 4.08. The van der Waals surface area contributed by atoms with Gasteiger partial charge in [0.25, 0.3) is 0 Å². The lowest BCUT2D eigenvalue weighted by molar-refractivity contribution is 0.565. The Morgan fingerprint density at radius 2 is 1.72 bits per heavy atom. The maximum atomic E-state index is 13.7. The van der Waals surface area contributed by atoms with Gasteiger partial charge in [-0.25, -0.2) is 8.78 Å². The van der Waals surface area contributed by atoms with Gasteiger partial charge in [0.05, 0.1) is 6.04 Å². The molecule has 0 bridgehead atoms. The normalized spacial score (nSPS) is 12.5. The maximum absolute atomic E-state index is 13.7. The van der Waals surface area contributed by atoms with E-state index in [1.54, 1.807) is 0 Å². The lowest BCUT2D eigenvalue weighted by atomic mass is 9.95. The van der Waals surface area contributed by atoms with Crippen LogP contribution in [-0.2, 0) is 0 Å². The lowest BCUT2D eigenvalue weighted by Crippen LogP contribution is -2.15. The summed E-state index contributed by atoms with van der Waals surface area (Å²) in [4.78, 5) is 0. The molecule has 18 heavy (non-hydrogen) atoms. The number of aryl methyl sites for hydroxylation is 1. The van der Waals surface area contributed by atoms with E-state index in [2.05, 4.69) is 15.9 Å². The molecule has 2 aromatic carbocycles. The highest BCUT2D eigenvalue weighted by Gasteiger charge is 2.16. The van der Waals surface area contributed by atoms with Gasteiger partial charge < -0.3 is 5.73 Å². The topological polar surface area (TPSA) is 26.0 Å². The standard InChI is InChI=1S/C14H12BrF2N/c1-8-6-9(15)2-4-11(8)14(18)12-5-3-10(16)7-13(12)17/h2-7,14H,18H2,1H3. The van der Waals surface area contributed by atoms with Crippen molar-refractivity contribution < 1.29 is 8.78 Å². The van der Waals surface area contributed by atoms with Crippen LogP contribution in [0.4, 0.5) is 8.78 Å². The molecule has 0 saturated heterocycles. The average molecular weight is 312 g/mol. The molecule has 94 valence electrons. The molecule has 0 radical (unpaired) electrons. The first-order chi connectivity index (χ1) is 8.49. The molecule has 0 aliphatic heterocycles. The molecule has 2 aromatic rings. The van der Waals surface area contributed by atoms with Crippen LogP contribution in [0.1, 0.15) is 22.7 Å². The van der Waals surface area contributed by atoms with Gasteiger partial charge in [-0.05, 0) is 36.2 Å². The van der Waals surface area contributed by atoms with E-state index in [0.29, 0.717) is 5.56 Å².